The first-order valence-electron chi connectivity index (χ1n) is 4.41. The van der Waals surface area contributed by atoms with Crippen LogP contribution in [0.4, 0.5) is 0 Å². The highest BCUT2D eigenvalue weighted by molar-refractivity contribution is 9.10. The average Bonchev–Trinajstić information content (AvgIpc) is 2.97. The normalized spacial score (nSPS) is 19.1. The Labute approximate surface area is 90.6 Å². The van der Waals surface area contributed by atoms with Gasteiger partial charge in [0.25, 0.3) is 5.91 Å². The lowest BCUT2D eigenvalue weighted by atomic mass is 10.2. The van der Waals surface area contributed by atoms with Gasteiger partial charge in [-0.2, -0.15) is 0 Å². The predicted molar refractivity (Wildman–Crippen MR) is 56.2 cm³/mol. The van der Waals surface area contributed by atoms with Gasteiger partial charge in [0.2, 0.25) is 0 Å². The van der Waals surface area contributed by atoms with Gasteiger partial charge in [0.05, 0.1) is 12.7 Å². The van der Waals surface area contributed by atoms with Gasteiger partial charge in [-0.05, 0) is 18.2 Å². The third-order valence-corrected chi connectivity index (χ3v) is 2.47. The van der Waals surface area contributed by atoms with Crippen LogP contribution in [0.5, 0.6) is 0 Å². The molecule has 3 nitrogen and oxygen atoms in total. The molecule has 1 aromatic carbocycles. The van der Waals surface area contributed by atoms with Gasteiger partial charge in [-0.25, -0.2) is 0 Å². The maximum absolute atomic E-state index is 11.5. The number of rotatable bonds is 3. The Bertz CT molecular complexity index is 350. The minimum Gasteiger partial charge on any atom is -0.371 e. The fourth-order valence-electron chi connectivity index (χ4n) is 1.12. The monoisotopic (exact) mass is 255 g/mol. The molecule has 4 heteroatoms. The molecule has 0 unspecified atom stereocenters. The zero-order valence-corrected chi connectivity index (χ0v) is 9.08. The van der Waals surface area contributed by atoms with Crippen molar-refractivity contribution in [3.63, 3.8) is 0 Å². The van der Waals surface area contributed by atoms with Gasteiger partial charge >= 0.3 is 0 Å². The smallest absolute Gasteiger partial charge is 0.251 e. The van der Waals surface area contributed by atoms with E-state index >= 15 is 0 Å². The molecule has 0 spiro atoms. The second-order valence-corrected chi connectivity index (χ2v) is 4.09. The summed E-state index contributed by atoms with van der Waals surface area (Å²) in [6.07, 6.45) is 0.228. The van der Waals surface area contributed by atoms with Crippen LogP contribution >= 0.6 is 15.9 Å². The molecule has 0 saturated carbocycles. The number of carbonyl (C=O) groups is 1. The molecule has 14 heavy (non-hydrogen) atoms. The second kappa shape index (κ2) is 4.11. The predicted octanol–water partition coefficient (Wildman–Crippen LogP) is 1.58. The van der Waals surface area contributed by atoms with E-state index < -0.39 is 0 Å². The van der Waals surface area contributed by atoms with Crippen LogP contribution in [0.15, 0.2) is 28.7 Å². The molecule has 1 atom stereocenters. The average molecular weight is 256 g/mol. The number of amides is 1. The van der Waals surface area contributed by atoms with Crippen LogP contribution in [-0.4, -0.2) is 25.2 Å². The lowest BCUT2D eigenvalue weighted by Gasteiger charge is -2.02. The molecule has 1 fully saturated rings. The molecule has 1 N–H and O–H groups in total. The van der Waals surface area contributed by atoms with E-state index in [1.54, 1.807) is 12.1 Å². The zero-order valence-electron chi connectivity index (χ0n) is 7.50. The highest BCUT2D eigenvalue weighted by atomic mass is 79.9. The molecule has 0 radical (unpaired) electrons. The molecule has 0 bridgehead atoms. The first kappa shape index (κ1) is 9.68. The Morgan fingerprint density at radius 3 is 3.07 bits per heavy atom. The van der Waals surface area contributed by atoms with Gasteiger partial charge in [0, 0.05) is 16.6 Å². The van der Waals surface area contributed by atoms with E-state index in [0.29, 0.717) is 12.1 Å². The minimum atomic E-state index is -0.0539. The Hall–Kier alpha value is -0.870. The number of carbonyl (C=O) groups excluding carboxylic acids is 1. The third-order valence-electron chi connectivity index (χ3n) is 1.98. The molecule has 1 aliphatic rings. The molecule has 0 aromatic heterocycles. The fraction of sp³-hybridized carbons (Fsp3) is 0.300. The molecule has 1 amide bonds. The van der Waals surface area contributed by atoms with Crippen molar-refractivity contribution in [2.45, 2.75) is 6.10 Å². The lowest BCUT2D eigenvalue weighted by Crippen LogP contribution is -2.27. The Morgan fingerprint density at radius 2 is 2.43 bits per heavy atom. The van der Waals surface area contributed by atoms with Crippen LogP contribution in [0, 0.1) is 0 Å². The molecule has 1 aromatic rings. The molecule has 74 valence electrons. The van der Waals surface area contributed by atoms with Crippen LogP contribution in [-0.2, 0) is 4.74 Å². The van der Waals surface area contributed by atoms with Crippen molar-refractivity contribution >= 4 is 21.8 Å². The number of halogens is 1. The van der Waals surface area contributed by atoms with E-state index in [1.807, 2.05) is 12.1 Å². The van der Waals surface area contributed by atoms with Crippen molar-refractivity contribution < 1.29 is 9.53 Å². The van der Waals surface area contributed by atoms with E-state index in [1.165, 1.54) is 0 Å². The van der Waals surface area contributed by atoms with Crippen LogP contribution in [0.25, 0.3) is 0 Å². The largest absolute Gasteiger partial charge is 0.371 e. The second-order valence-electron chi connectivity index (χ2n) is 3.18. The van der Waals surface area contributed by atoms with Crippen molar-refractivity contribution in [2.75, 3.05) is 13.2 Å². The van der Waals surface area contributed by atoms with E-state index in [0.717, 1.165) is 11.1 Å². The van der Waals surface area contributed by atoms with Gasteiger partial charge < -0.3 is 10.1 Å². The number of hydrogen-bond donors (Lipinski definition) is 1. The summed E-state index contributed by atoms with van der Waals surface area (Å²) in [7, 11) is 0. The van der Waals surface area contributed by atoms with Crippen molar-refractivity contribution in [1.82, 2.24) is 5.32 Å². The number of ether oxygens (including phenoxy) is 1. The Balaban J connectivity index is 1.95. The SMILES string of the molecule is O=C(NC[C@H]1CO1)c1cccc(Br)c1. The van der Waals surface area contributed by atoms with Gasteiger partial charge in [-0.1, -0.05) is 22.0 Å². The summed E-state index contributed by atoms with van der Waals surface area (Å²) >= 11 is 3.32. The molecule has 1 saturated heterocycles. The van der Waals surface area contributed by atoms with Gasteiger partial charge in [-0.3, -0.25) is 4.79 Å². The molecule has 1 aliphatic heterocycles. The maximum Gasteiger partial charge on any atom is 0.251 e. The number of epoxide rings is 1. The summed E-state index contributed by atoms with van der Waals surface area (Å²) in [5.74, 6) is -0.0539. The Morgan fingerprint density at radius 1 is 1.64 bits per heavy atom. The molecule has 0 aliphatic carbocycles. The number of benzene rings is 1. The lowest BCUT2D eigenvalue weighted by molar-refractivity contribution is 0.0950. The molecule has 2 rings (SSSR count). The highest BCUT2D eigenvalue weighted by Gasteiger charge is 2.22. The van der Waals surface area contributed by atoms with Gasteiger partial charge in [0.1, 0.15) is 0 Å². The van der Waals surface area contributed by atoms with Crippen LogP contribution < -0.4 is 5.32 Å². The number of hydrogen-bond acceptors (Lipinski definition) is 2. The van der Waals surface area contributed by atoms with Gasteiger partial charge in [-0.15, -0.1) is 0 Å². The molecular formula is C10H10BrNO2. The number of nitrogens with one attached hydrogen (secondary N) is 1. The Kier molecular flexibility index (Phi) is 2.84. The first-order chi connectivity index (χ1) is 6.75. The fourth-order valence-corrected chi connectivity index (χ4v) is 1.52. The molecule has 1 heterocycles. The quantitative estimate of drug-likeness (QED) is 0.834. The maximum atomic E-state index is 11.5. The van der Waals surface area contributed by atoms with Crippen molar-refractivity contribution in [2.24, 2.45) is 0 Å². The van der Waals surface area contributed by atoms with Crippen molar-refractivity contribution in [1.29, 1.82) is 0 Å². The molecular weight excluding hydrogens is 246 g/mol. The van der Waals surface area contributed by atoms with Gasteiger partial charge in [0.15, 0.2) is 0 Å². The standard InChI is InChI=1S/C10H10BrNO2/c11-8-3-1-2-7(4-8)10(13)12-5-9-6-14-9/h1-4,9H,5-6H2,(H,12,13)/t9-/m0/s1. The van der Waals surface area contributed by atoms with E-state index in [9.17, 15) is 4.79 Å². The van der Waals surface area contributed by atoms with Crippen LogP contribution in [0.1, 0.15) is 10.4 Å². The first-order valence-corrected chi connectivity index (χ1v) is 5.20. The van der Waals surface area contributed by atoms with Crippen molar-refractivity contribution in [3.05, 3.63) is 34.3 Å². The summed E-state index contributed by atoms with van der Waals surface area (Å²) in [5, 5.41) is 2.80. The third kappa shape index (κ3) is 2.56. The highest BCUT2D eigenvalue weighted by Crippen LogP contribution is 2.12. The summed E-state index contributed by atoms with van der Waals surface area (Å²) in [5.41, 5.74) is 0.667. The van der Waals surface area contributed by atoms with Crippen LogP contribution in [0.3, 0.4) is 0 Å². The van der Waals surface area contributed by atoms with Crippen LogP contribution in [0.2, 0.25) is 0 Å². The van der Waals surface area contributed by atoms with E-state index in [2.05, 4.69) is 21.2 Å². The summed E-state index contributed by atoms with van der Waals surface area (Å²) in [4.78, 5) is 11.5. The minimum absolute atomic E-state index is 0.0539. The summed E-state index contributed by atoms with van der Waals surface area (Å²) in [6, 6.07) is 7.31. The van der Waals surface area contributed by atoms with E-state index in [-0.39, 0.29) is 12.0 Å². The van der Waals surface area contributed by atoms with E-state index in [4.69, 9.17) is 4.74 Å². The topological polar surface area (TPSA) is 41.6 Å². The summed E-state index contributed by atoms with van der Waals surface area (Å²) in [6.45, 7) is 1.37. The zero-order chi connectivity index (χ0) is 9.97. The van der Waals surface area contributed by atoms with Crippen molar-refractivity contribution in [3.8, 4) is 0 Å². The summed E-state index contributed by atoms with van der Waals surface area (Å²) < 4.78 is 5.90.